The lowest BCUT2D eigenvalue weighted by molar-refractivity contribution is -0.224. The number of thioether (sulfide) groups is 1. The maximum absolute atomic E-state index is 13.3. The molecule has 0 radical (unpaired) electrons. The van der Waals surface area contributed by atoms with Gasteiger partial charge in [0, 0.05) is 45.9 Å². The fourth-order valence-corrected chi connectivity index (χ4v) is 5.43. The van der Waals surface area contributed by atoms with Gasteiger partial charge in [0.15, 0.2) is 12.2 Å². The second kappa shape index (κ2) is 14.7. The molecule has 1 aromatic rings. The standard InChI is InChI=1S/C26H33NO12S/c1-14(28)27-22-20(36-16(3)30)12-26(25(33)34-6,40-19-10-8-7-9-11-19)39-24(22)23(38-18(5)32)21(37-17(4)31)13-35-15(2)29/h7-11,20-24H,12-13H2,1-6H3,(H,27,28)/t20-,21+,22+,23+,24+,26+/m0/s1. The molecular weight excluding hydrogens is 550 g/mol. The zero-order chi connectivity index (χ0) is 30.0. The third-order valence-electron chi connectivity index (χ3n) is 5.52. The molecule has 1 saturated heterocycles. The summed E-state index contributed by atoms with van der Waals surface area (Å²) in [4.78, 5) is 72.3. The molecule has 13 nitrogen and oxygen atoms in total. The fraction of sp³-hybridized carbons (Fsp3) is 0.538. The highest BCUT2D eigenvalue weighted by atomic mass is 32.2. The van der Waals surface area contributed by atoms with Crippen molar-refractivity contribution in [3.8, 4) is 0 Å². The van der Waals surface area contributed by atoms with Gasteiger partial charge in [-0.15, -0.1) is 0 Å². The molecule has 220 valence electrons. The van der Waals surface area contributed by atoms with Gasteiger partial charge in [0.1, 0.15) is 18.8 Å². The number of rotatable bonds is 11. The van der Waals surface area contributed by atoms with Crippen LogP contribution in [0.15, 0.2) is 35.2 Å². The quantitative estimate of drug-likeness (QED) is 0.292. The van der Waals surface area contributed by atoms with Crippen molar-refractivity contribution in [2.45, 2.75) is 81.3 Å². The van der Waals surface area contributed by atoms with Gasteiger partial charge in [-0.1, -0.05) is 30.0 Å². The van der Waals surface area contributed by atoms with E-state index in [1.165, 1.54) is 6.92 Å². The molecule has 1 aromatic carbocycles. The molecule has 0 aromatic heterocycles. The number of ether oxygens (including phenoxy) is 6. The lowest BCUT2D eigenvalue weighted by Gasteiger charge is -2.48. The average Bonchev–Trinajstić information content (AvgIpc) is 2.85. The largest absolute Gasteiger partial charge is 0.466 e. The molecule has 1 fully saturated rings. The molecule has 1 aliphatic rings. The average molecular weight is 584 g/mol. The van der Waals surface area contributed by atoms with Crippen LogP contribution in [0.3, 0.4) is 0 Å². The van der Waals surface area contributed by atoms with Crippen LogP contribution in [0.4, 0.5) is 0 Å². The molecule has 0 bridgehead atoms. The molecule has 14 heteroatoms. The van der Waals surface area contributed by atoms with E-state index in [1.807, 2.05) is 0 Å². The van der Waals surface area contributed by atoms with Gasteiger partial charge in [-0.2, -0.15) is 0 Å². The summed E-state index contributed by atoms with van der Waals surface area (Å²) in [7, 11) is 1.14. The molecule has 0 saturated carbocycles. The van der Waals surface area contributed by atoms with Gasteiger partial charge < -0.3 is 33.7 Å². The molecule has 0 spiro atoms. The second-order valence-corrected chi connectivity index (χ2v) is 10.2. The van der Waals surface area contributed by atoms with Gasteiger partial charge in [-0.25, -0.2) is 4.79 Å². The topological polar surface area (TPSA) is 170 Å². The fourth-order valence-electron chi connectivity index (χ4n) is 4.18. The number of esters is 5. The smallest absolute Gasteiger partial charge is 0.349 e. The first-order chi connectivity index (χ1) is 18.8. The molecule has 1 amide bonds. The SMILES string of the molecule is COC(=O)[C@]1(Sc2ccccc2)C[C@H](OC(C)=O)[C@@H](NC(C)=O)[C@H]([C@H](OC(C)=O)[C@@H](COC(C)=O)OC(C)=O)O1. The number of benzene rings is 1. The van der Waals surface area contributed by atoms with Crippen LogP contribution in [0.5, 0.6) is 0 Å². The maximum Gasteiger partial charge on any atom is 0.349 e. The number of carbonyl (C=O) groups excluding carboxylic acids is 6. The molecule has 0 unspecified atom stereocenters. The van der Waals surface area contributed by atoms with E-state index in [1.54, 1.807) is 30.3 Å². The van der Waals surface area contributed by atoms with Crippen molar-refractivity contribution in [3.05, 3.63) is 30.3 Å². The van der Waals surface area contributed by atoms with Gasteiger partial charge in [-0.05, 0) is 12.1 Å². The van der Waals surface area contributed by atoms with Gasteiger partial charge in [-0.3, -0.25) is 24.0 Å². The third-order valence-corrected chi connectivity index (χ3v) is 6.79. The summed E-state index contributed by atoms with van der Waals surface area (Å²) in [6, 6.07) is 7.43. The van der Waals surface area contributed by atoms with Gasteiger partial charge in [0.05, 0.1) is 13.2 Å². The minimum absolute atomic E-state index is 0.283. The predicted molar refractivity (Wildman–Crippen MR) is 137 cm³/mol. The van der Waals surface area contributed by atoms with E-state index in [9.17, 15) is 28.8 Å². The van der Waals surface area contributed by atoms with Crippen LogP contribution in [0.2, 0.25) is 0 Å². The first kappa shape index (κ1) is 32.6. The number of hydrogen-bond acceptors (Lipinski definition) is 13. The Morgan fingerprint density at radius 3 is 2.08 bits per heavy atom. The van der Waals surface area contributed by atoms with E-state index < -0.39 is 77.8 Å². The maximum atomic E-state index is 13.3. The number of methoxy groups -OCH3 is 1. The van der Waals surface area contributed by atoms with Crippen molar-refractivity contribution < 1.29 is 57.2 Å². The Kier molecular flexibility index (Phi) is 11.9. The Balaban J connectivity index is 2.76. The van der Waals surface area contributed by atoms with Crippen LogP contribution in [0.25, 0.3) is 0 Å². The predicted octanol–water partition coefficient (Wildman–Crippen LogP) is 1.30. The van der Waals surface area contributed by atoms with E-state index in [-0.39, 0.29) is 6.42 Å². The van der Waals surface area contributed by atoms with Crippen molar-refractivity contribution in [3.63, 3.8) is 0 Å². The Labute approximate surface area is 235 Å². The summed E-state index contributed by atoms with van der Waals surface area (Å²) in [5.74, 6) is -4.54. The van der Waals surface area contributed by atoms with Crippen LogP contribution in [-0.2, 0) is 57.2 Å². The van der Waals surface area contributed by atoms with Gasteiger partial charge in [0.25, 0.3) is 0 Å². The summed E-state index contributed by atoms with van der Waals surface area (Å²) in [6.45, 7) is 5.07. The Morgan fingerprint density at radius 2 is 1.57 bits per heavy atom. The zero-order valence-corrected chi connectivity index (χ0v) is 23.8. The number of hydrogen-bond donors (Lipinski definition) is 1. The number of amides is 1. The Bertz CT molecular complexity index is 1100. The highest BCUT2D eigenvalue weighted by Gasteiger charge is 2.58. The van der Waals surface area contributed by atoms with Gasteiger partial charge >= 0.3 is 29.8 Å². The van der Waals surface area contributed by atoms with E-state index in [4.69, 9.17) is 28.4 Å². The molecule has 6 atom stereocenters. The Morgan fingerprint density at radius 1 is 0.950 bits per heavy atom. The third kappa shape index (κ3) is 9.23. The molecule has 40 heavy (non-hydrogen) atoms. The first-order valence-electron chi connectivity index (χ1n) is 12.2. The highest BCUT2D eigenvalue weighted by Crippen LogP contribution is 2.45. The second-order valence-electron chi connectivity index (χ2n) is 8.84. The molecular formula is C26H33NO12S. The summed E-state index contributed by atoms with van der Waals surface area (Å²) in [5.41, 5.74) is 0. The van der Waals surface area contributed by atoms with Crippen LogP contribution < -0.4 is 5.32 Å². The van der Waals surface area contributed by atoms with Crippen molar-refractivity contribution in [1.29, 1.82) is 0 Å². The lowest BCUT2D eigenvalue weighted by Crippen LogP contribution is -2.68. The summed E-state index contributed by atoms with van der Waals surface area (Å²) < 4.78 is 32.9. The van der Waals surface area contributed by atoms with Crippen LogP contribution in [0, 0.1) is 0 Å². The van der Waals surface area contributed by atoms with Crippen molar-refractivity contribution >= 4 is 47.5 Å². The highest BCUT2D eigenvalue weighted by molar-refractivity contribution is 8.01. The lowest BCUT2D eigenvalue weighted by atomic mass is 9.89. The molecule has 1 aliphatic heterocycles. The van der Waals surface area contributed by atoms with Crippen molar-refractivity contribution in [2.24, 2.45) is 0 Å². The first-order valence-corrected chi connectivity index (χ1v) is 13.0. The minimum Gasteiger partial charge on any atom is -0.466 e. The van der Waals surface area contributed by atoms with Crippen LogP contribution in [-0.4, -0.2) is 84.9 Å². The summed E-state index contributed by atoms with van der Waals surface area (Å²) >= 11 is 0.946. The molecule has 0 aliphatic carbocycles. The number of carbonyl (C=O) groups is 6. The monoisotopic (exact) mass is 583 g/mol. The van der Waals surface area contributed by atoms with E-state index in [0.29, 0.717) is 4.90 Å². The van der Waals surface area contributed by atoms with Crippen LogP contribution in [0.1, 0.15) is 41.0 Å². The van der Waals surface area contributed by atoms with Crippen LogP contribution >= 0.6 is 11.8 Å². The van der Waals surface area contributed by atoms with Crippen molar-refractivity contribution in [2.75, 3.05) is 13.7 Å². The summed E-state index contributed by atoms with van der Waals surface area (Å²) in [6.07, 6.45) is -5.98. The van der Waals surface area contributed by atoms with E-state index >= 15 is 0 Å². The molecule has 1 N–H and O–H groups in total. The zero-order valence-electron chi connectivity index (χ0n) is 23.0. The van der Waals surface area contributed by atoms with Crippen molar-refractivity contribution in [1.82, 2.24) is 5.32 Å². The van der Waals surface area contributed by atoms with E-state index in [0.717, 1.165) is 46.6 Å². The summed E-state index contributed by atoms with van der Waals surface area (Å²) in [5, 5.41) is 2.63. The Hall–Kier alpha value is -3.65. The minimum atomic E-state index is -1.89. The normalized spacial score (nSPS) is 23.5. The molecule has 1 heterocycles. The molecule has 2 rings (SSSR count). The number of nitrogens with one attached hydrogen (secondary N) is 1. The van der Waals surface area contributed by atoms with Gasteiger partial charge in [0.2, 0.25) is 10.8 Å². The van der Waals surface area contributed by atoms with E-state index in [2.05, 4.69) is 5.32 Å².